The summed E-state index contributed by atoms with van der Waals surface area (Å²) in [5.74, 6) is -0.685. The summed E-state index contributed by atoms with van der Waals surface area (Å²) in [6.07, 6.45) is 6.71. The Labute approximate surface area is 298 Å². The van der Waals surface area contributed by atoms with E-state index in [1.165, 1.54) is 12.0 Å². The molecule has 0 aromatic heterocycles. The number of rotatable bonds is 8. The van der Waals surface area contributed by atoms with Crippen molar-refractivity contribution >= 4 is 40.9 Å². The minimum atomic E-state index is -0.919. The first-order chi connectivity index (χ1) is 24.3. The van der Waals surface area contributed by atoms with E-state index >= 15 is 0 Å². The van der Waals surface area contributed by atoms with E-state index in [4.69, 9.17) is 11.6 Å². The average molecular weight is 697 g/mol. The summed E-state index contributed by atoms with van der Waals surface area (Å²) in [6, 6.07) is 23.6. The Morgan fingerprint density at radius 3 is 2.28 bits per heavy atom. The molecule has 3 aromatic carbocycles. The van der Waals surface area contributed by atoms with Gasteiger partial charge in [-0.05, 0) is 73.1 Å². The highest BCUT2D eigenvalue weighted by Gasteiger charge is 2.54. The van der Waals surface area contributed by atoms with Crippen LogP contribution in [0.25, 0.3) is 0 Å². The number of fused-ring (bicyclic) bond motifs is 1. The number of hydrogen-bond acceptors (Lipinski definition) is 6. The second kappa shape index (κ2) is 14.8. The monoisotopic (exact) mass is 696 g/mol. The standard InChI is InChI=1S/C39H45ClN6O4/c40-30-17-15-27(16-18-30)35(43-36(48)33-23-28-9-7-8-10-29(28)24-41-33)37(49)44-21-19-39(20-22-44)38(50)45(26-46(39)32-13-5-2-6-14-32)25-34(47)42-31-11-3-1-4-12-31/h2,5-10,13-18,31,33,35,41H,1,3-4,11-12,19-26H2,(H,42,47)(H,43,48)/t33-,35?/m1/s1. The Hall–Kier alpha value is -4.41. The van der Waals surface area contributed by atoms with Gasteiger partial charge < -0.3 is 30.7 Å². The van der Waals surface area contributed by atoms with E-state index in [0.29, 0.717) is 56.2 Å². The Morgan fingerprint density at radius 2 is 1.56 bits per heavy atom. The Bertz CT molecular complexity index is 1700. The molecule has 1 spiro atoms. The molecular weight excluding hydrogens is 652 g/mol. The minimum absolute atomic E-state index is 0.00735. The van der Waals surface area contributed by atoms with E-state index in [0.717, 1.165) is 36.9 Å². The molecule has 1 saturated carbocycles. The highest BCUT2D eigenvalue weighted by molar-refractivity contribution is 6.30. The molecule has 1 aliphatic carbocycles. The number of benzene rings is 3. The quantitative estimate of drug-likeness (QED) is 0.323. The van der Waals surface area contributed by atoms with Crippen LogP contribution in [0.4, 0.5) is 5.69 Å². The maximum atomic E-state index is 14.3. The van der Waals surface area contributed by atoms with E-state index in [1.54, 1.807) is 34.1 Å². The molecule has 0 radical (unpaired) electrons. The molecule has 2 saturated heterocycles. The molecule has 3 fully saturated rings. The van der Waals surface area contributed by atoms with E-state index in [2.05, 4.69) is 26.9 Å². The Morgan fingerprint density at radius 1 is 0.880 bits per heavy atom. The number of carbonyl (C=O) groups is 4. The summed E-state index contributed by atoms with van der Waals surface area (Å²) in [4.78, 5) is 61.0. The van der Waals surface area contributed by atoms with Gasteiger partial charge in [-0.25, -0.2) is 0 Å². The van der Waals surface area contributed by atoms with Gasteiger partial charge in [-0.2, -0.15) is 0 Å². The highest BCUT2D eigenvalue weighted by Crippen LogP contribution is 2.40. The van der Waals surface area contributed by atoms with Crippen LogP contribution < -0.4 is 20.9 Å². The van der Waals surface area contributed by atoms with Crippen LogP contribution in [-0.2, 0) is 32.1 Å². The SMILES string of the molecule is O=C(CN1CN(c2ccccc2)C2(CCN(C(=O)C(NC(=O)[C@H]3Cc4ccccc4CN3)c3ccc(Cl)cc3)CC2)C1=O)NC1CCCCC1. The van der Waals surface area contributed by atoms with E-state index in [9.17, 15) is 19.2 Å². The van der Waals surface area contributed by atoms with Crippen LogP contribution in [0.2, 0.25) is 5.02 Å². The molecular formula is C39H45ClN6O4. The van der Waals surface area contributed by atoms with Crippen LogP contribution in [0.3, 0.4) is 0 Å². The van der Waals surface area contributed by atoms with E-state index in [1.807, 2.05) is 48.5 Å². The number of piperidine rings is 1. The lowest BCUT2D eigenvalue weighted by atomic mass is 9.85. The maximum Gasteiger partial charge on any atom is 0.250 e. The first-order valence-corrected chi connectivity index (χ1v) is 18.2. The van der Waals surface area contributed by atoms with Gasteiger partial charge in [0.15, 0.2) is 0 Å². The zero-order valence-electron chi connectivity index (χ0n) is 28.3. The molecule has 3 heterocycles. The number of amides is 4. The van der Waals surface area contributed by atoms with Gasteiger partial charge in [0.1, 0.15) is 18.1 Å². The van der Waals surface area contributed by atoms with Crippen molar-refractivity contribution in [2.75, 3.05) is 31.2 Å². The zero-order valence-corrected chi connectivity index (χ0v) is 29.0. The van der Waals surface area contributed by atoms with Crippen molar-refractivity contribution in [3.63, 3.8) is 0 Å². The molecule has 3 aromatic rings. The average Bonchev–Trinajstić information content (AvgIpc) is 3.40. The van der Waals surface area contributed by atoms with Gasteiger partial charge in [0.05, 0.1) is 12.7 Å². The third-order valence-electron chi connectivity index (χ3n) is 10.9. The van der Waals surface area contributed by atoms with Crippen LogP contribution in [0.15, 0.2) is 78.9 Å². The molecule has 4 aliphatic rings. The van der Waals surface area contributed by atoms with Gasteiger partial charge in [-0.15, -0.1) is 0 Å². The number of hydrogen-bond donors (Lipinski definition) is 3. The summed E-state index contributed by atoms with van der Waals surface area (Å²) in [7, 11) is 0. The highest BCUT2D eigenvalue weighted by atomic mass is 35.5. The fourth-order valence-corrected chi connectivity index (χ4v) is 8.25. The van der Waals surface area contributed by atoms with Crippen molar-refractivity contribution in [3.8, 4) is 0 Å². The van der Waals surface area contributed by atoms with Crippen molar-refractivity contribution in [2.45, 2.75) is 81.6 Å². The number of halogens is 1. The zero-order chi connectivity index (χ0) is 34.7. The summed E-state index contributed by atoms with van der Waals surface area (Å²) in [5.41, 5.74) is 2.94. The van der Waals surface area contributed by atoms with Crippen molar-refractivity contribution < 1.29 is 19.2 Å². The van der Waals surface area contributed by atoms with Crippen LogP contribution in [0, 0.1) is 0 Å². The van der Waals surface area contributed by atoms with Gasteiger partial charge in [-0.3, -0.25) is 19.2 Å². The maximum absolute atomic E-state index is 14.3. The number of likely N-dealkylation sites (tertiary alicyclic amines) is 1. The molecule has 3 aliphatic heterocycles. The smallest absolute Gasteiger partial charge is 0.250 e. The molecule has 2 atom stereocenters. The van der Waals surface area contributed by atoms with Crippen molar-refractivity contribution in [3.05, 3.63) is 101 Å². The predicted octanol–water partition coefficient (Wildman–Crippen LogP) is 4.33. The van der Waals surface area contributed by atoms with E-state index in [-0.39, 0.29) is 36.2 Å². The van der Waals surface area contributed by atoms with Crippen molar-refractivity contribution in [2.24, 2.45) is 0 Å². The fourth-order valence-electron chi connectivity index (χ4n) is 8.12. The first kappa shape index (κ1) is 34.1. The number of nitrogens with one attached hydrogen (secondary N) is 3. The molecule has 0 bridgehead atoms. The summed E-state index contributed by atoms with van der Waals surface area (Å²) in [6.45, 7) is 1.53. The number of anilines is 1. The summed E-state index contributed by atoms with van der Waals surface area (Å²) in [5, 5.41) is 10.1. The van der Waals surface area contributed by atoms with Gasteiger partial charge in [0.2, 0.25) is 17.7 Å². The third kappa shape index (κ3) is 7.09. The molecule has 4 amide bonds. The van der Waals surface area contributed by atoms with Gasteiger partial charge >= 0.3 is 0 Å². The normalized spacial score (nSPS) is 21.1. The molecule has 262 valence electrons. The van der Waals surface area contributed by atoms with Crippen LogP contribution >= 0.6 is 11.6 Å². The molecule has 7 rings (SSSR count). The number of para-hydroxylation sites is 1. The van der Waals surface area contributed by atoms with Crippen LogP contribution in [0.1, 0.15) is 67.7 Å². The molecule has 10 nitrogen and oxygen atoms in total. The van der Waals surface area contributed by atoms with Gasteiger partial charge in [-0.1, -0.05) is 85.5 Å². The van der Waals surface area contributed by atoms with Crippen molar-refractivity contribution in [1.29, 1.82) is 0 Å². The lowest BCUT2D eigenvalue weighted by molar-refractivity contribution is -0.142. The van der Waals surface area contributed by atoms with Crippen LogP contribution in [0.5, 0.6) is 0 Å². The van der Waals surface area contributed by atoms with Crippen LogP contribution in [-0.4, -0.2) is 77.4 Å². The number of carbonyl (C=O) groups excluding carboxylic acids is 4. The first-order valence-electron chi connectivity index (χ1n) is 17.9. The molecule has 50 heavy (non-hydrogen) atoms. The topological polar surface area (TPSA) is 114 Å². The van der Waals surface area contributed by atoms with E-state index < -0.39 is 17.6 Å². The number of nitrogens with zero attached hydrogens (tertiary/aromatic N) is 3. The molecule has 11 heteroatoms. The van der Waals surface area contributed by atoms with Gasteiger partial charge in [0, 0.05) is 36.4 Å². The second-order valence-electron chi connectivity index (χ2n) is 14.1. The van der Waals surface area contributed by atoms with Gasteiger partial charge in [0.25, 0.3) is 5.91 Å². The fraction of sp³-hybridized carbons (Fsp3) is 0.436. The molecule has 3 N–H and O–H groups in total. The largest absolute Gasteiger partial charge is 0.352 e. The predicted molar refractivity (Wildman–Crippen MR) is 192 cm³/mol. The minimum Gasteiger partial charge on any atom is -0.352 e. The van der Waals surface area contributed by atoms with Crippen molar-refractivity contribution in [1.82, 2.24) is 25.8 Å². The Kier molecular flexibility index (Phi) is 10.1. The lowest BCUT2D eigenvalue weighted by Gasteiger charge is -2.44. The summed E-state index contributed by atoms with van der Waals surface area (Å²) < 4.78 is 0. The second-order valence-corrected chi connectivity index (χ2v) is 14.5. The lowest BCUT2D eigenvalue weighted by Crippen LogP contribution is -2.59. The Balaban J connectivity index is 1.07. The third-order valence-corrected chi connectivity index (χ3v) is 11.2. The summed E-state index contributed by atoms with van der Waals surface area (Å²) >= 11 is 6.20. The molecule has 1 unspecified atom stereocenters.